The van der Waals surface area contributed by atoms with Crippen LogP contribution in [0.15, 0.2) is 48.7 Å². The zero-order valence-corrected chi connectivity index (χ0v) is 15.0. The number of hydrogen-bond acceptors (Lipinski definition) is 4. The molecule has 1 aromatic carbocycles. The van der Waals surface area contributed by atoms with E-state index >= 15 is 0 Å². The number of nitrogens with zero attached hydrogens (tertiary/aromatic N) is 3. The van der Waals surface area contributed by atoms with Gasteiger partial charge in [-0.3, -0.25) is 9.69 Å². The molecule has 5 heteroatoms. The lowest BCUT2D eigenvalue weighted by Gasteiger charge is -2.24. The van der Waals surface area contributed by atoms with Crippen LogP contribution in [0.25, 0.3) is 0 Å². The van der Waals surface area contributed by atoms with Crippen molar-refractivity contribution in [1.29, 1.82) is 0 Å². The normalized spacial score (nSPS) is 17.4. The zero-order chi connectivity index (χ0) is 17.6. The lowest BCUT2D eigenvalue weighted by molar-refractivity contribution is -0.125. The Morgan fingerprint density at radius 1 is 1.24 bits per heavy atom. The number of hydrogen-bond donors (Lipinski definition) is 1. The molecule has 1 unspecified atom stereocenters. The summed E-state index contributed by atoms with van der Waals surface area (Å²) in [5.41, 5.74) is 2.29. The highest BCUT2D eigenvalue weighted by atomic mass is 16.2. The molecule has 1 aliphatic heterocycles. The summed E-state index contributed by atoms with van der Waals surface area (Å²) in [6.07, 6.45) is 3.77. The van der Waals surface area contributed by atoms with E-state index in [1.54, 1.807) is 6.20 Å². The number of carbonyl (C=O) groups is 1. The number of benzene rings is 1. The van der Waals surface area contributed by atoms with Gasteiger partial charge in [0.25, 0.3) is 0 Å². The molecule has 0 bridgehead atoms. The smallest absolute Gasteiger partial charge is 0.237 e. The molecule has 0 spiro atoms. The Kier molecular flexibility index (Phi) is 5.66. The Morgan fingerprint density at radius 2 is 2.04 bits per heavy atom. The van der Waals surface area contributed by atoms with Crippen molar-refractivity contribution in [3.05, 3.63) is 59.8 Å². The van der Waals surface area contributed by atoms with Crippen LogP contribution >= 0.6 is 0 Å². The maximum absolute atomic E-state index is 12.7. The number of rotatable bonds is 6. The summed E-state index contributed by atoms with van der Waals surface area (Å²) < 4.78 is 0. The van der Waals surface area contributed by atoms with Gasteiger partial charge in [-0.1, -0.05) is 36.4 Å². The average molecular weight is 338 g/mol. The quantitative estimate of drug-likeness (QED) is 0.879. The molecule has 1 aromatic heterocycles. The topological polar surface area (TPSA) is 48.5 Å². The lowest BCUT2D eigenvalue weighted by Crippen LogP contribution is -2.42. The third-order valence-corrected chi connectivity index (χ3v) is 4.64. The summed E-state index contributed by atoms with van der Waals surface area (Å²) in [5.74, 6) is 1.01. The van der Waals surface area contributed by atoms with E-state index in [0.29, 0.717) is 6.54 Å². The molecule has 1 fully saturated rings. The molecular formula is C20H26N4O. The van der Waals surface area contributed by atoms with Crippen LogP contribution in [0.1, 0.15) is 24.0 Å². The molecule has 2 heterocycles. The van der Waals surface area contributed by atoms with E-state index < -0.39 is 0 Å². The van der Waals surface area contributed by atoms with Gasteiger partial charge in [0, 0.05) is 38.9 Å². The Hall–Kier alpha value is -2.40. The van der Waals surface area contributed by atoms with E-state index in [4.69, 9.17) is 0 Å². The fourth-order valence-corrected chi connectivity index (χ4v) is 3.40. The highest BCUT2D eigenvalue weighted by Gasteiger charge is 2.30. The van der Waals surface area contributed by atoms with Gasteiger partial charge < -0.3 is 10.2 Å². The molecular weight excluding hydrogens is 312 g/mol. The minimum absolute atomic E-state index is 0.0420. The molecule has 2 aromatic rings. The zero-order valence-electron chi connectivity index (χ0n) is 15.0. The minimum atomic E-state index is -0.0420. The molecule has 1 atom stereocenters. The maximum atomic E-state index is 12.7. The van der Waals surface area contributed by atoms with E-state index in [-0.39, 0.29) is 11.9 Å². The number of aromatic nitrogens is 1. The van der Waals surface area contributed by atoms with Crippen LogP contribution in [0.5, 0.6) is 0 Å². The summed E-state index contributed by atoms with van der Waals surface area (Å²) in [5, 5.41) is 3.10. The van der Waals surface area contributed by atoms with Crippen molar-refractivity contribution in [2.45, 2.75) is 32.0 Å². The van der Waals surface area contributed by atoms with Crippen molar-refractivity contribution in [3.8, 4) is 0 Å². The monoisotopic (exact) mass is 338 g/mol. The standard InChI is InChI=1S/C20H26N4O/c1-23(2)19-17(10-6-12-21-19)14-22-20(25)18-11-7-13-24(18)15-16-8-4-3-5-9-16/h3-6,8-10,12,18H,7,11,13-15H2,1-2H3,(H,22,25). The fourth-order valence-electron chi connectivity index (χ4n) is 3.40. The number of amides is 1. The van der Waals surface area contributed by atoms with E-state index in [1.807, 2.05) is 49.3 Å². The molecule has 5 nitrogen and oxygen atoms in total. The lowest BCUT2D eigenvalue weighted by atomic mass is 10.1. The molecule has 0 radical (unpaired) electrons. The number of pyridine rings is 1. The molecule has 0 saturated carbocycles. The van der Waals surface area contributed by atoms with Crippen molar-refractivity contribution < 1.29 is 4.79 Å². The van der Waals surface area contributed by atoms with Crippen LogP contribution < -0.4 is 10.2 Å². The molecule has 1 aliphatic rings. The predicted molar refractivity (Wildman–Crippen MR) is 100 cm³/mol. The number of carbonyl (C=O) groups excluding carboxylic acids is 1. The van der Waals surface area contributed by atoms with Crippen molar-refractivity contribution in [1.82, 2.24) is 15.2 Å². The second-order valence-electron chi connectivity index (χ2n) is 6.71. The molecule has 132 valence electrons. The highest BCUT2D eigenvalue weighted by molar-refractivity contribution is 5.82. The molecule has 25 heavy (non-hydrogen) atoms. The number of likely N-dealkylation sites (tertiary alicyclic amines) is 1. The molecule has 3 rings (SSSR count). The van der Waals surface area contributed by atoms with Gasteiger partial charge in [-0.15, -0.1) is 0 Å². The Bertz CT molecular complexity index is 702. The molecule has 0 aliphatic carbocycles. The Labute approximate surface area is 149 Å². The molecule has 1 amide bonds. The summed E-state index contributed by atoms with van der Waals surface area (Å²) in [6.45, 7) is 2.31. The Morgan fingerprint density at radius 3 is 2.80 bits per heavy atom. The highest BCUT2D eigenvalue weighted by Crippen LogP contribution is 2.21. The Balaban J connectivity index is 1.61. The predicted octanol–water partition coefficient (Wildman–Crippen LogP) is 2.43. The fraction of sp³-hybridized carbons (Fsp3) is 0.400. The maximum Gasteiger partial charge on any atom is 0.237 e. The van der Waals surface area contributed by atoms with Gasteiger partial charge in [-0.2, -0.15) is 0 Å². The summed E-state index contributed by atoms with van der Waals surface area (Å²) in [7, 11) is 3.93. The number of anilines is 1. The van der Waals surface area contributed by atoms with Gasteiger partial charge in [0.1, 0.15) is 5.82 Å². The third-order valence-electron chi connectivity index (χ3n) is 4.64. The van der Waals surface area contributed by atoms with Crippen LogP contribution in [-0.4, -0.2) is 42.5 Å². The van der Waals surface area contributed by atoms with Crippen LogP contribution in [0, 0.1) is 0 Å². The largest absolute Gasteiger partial charge is 0.362 e. The van der Waals surface area contributed by atoms with E-state index in [2.05, 4.69) is 27.3 Å². The summed E-state index contributed by atoms with van der Waals surface area (Å²) in [4.78, 5) is 21.4. The summed E-state index contributed by atoms with van der Waals surface area (Å²) >= 11 is 0. The van der Waals surface area contributed by atoms with E-state index in [0.717, 1.165) is 37.3 Å². The summed E-state index contributed by atoms with van der Waals surface area (Å²) in [6, 6.07) is 14.2. The van der Waals surface area contributed by atoms with Crippen LogP contribution in [0.4, 0.5) is 5.82 Å². The first-order valence-electron chi connectivity index (χ1n) is 8.82. The minimum Gasteiger partial charge on any atom is -0.362 e. The van der Waals surface area contributed by atoms with Crippen LogP contribution in [0.3, 0.4) is 0 Å². The SMILES string of the molecule is CN(C)c1ncccc1CNC(=O)C1CCCN1Cc1ccccc1. The van der Waals surface area contributed by atoms with Crippen molar-refractivity contribution in [2.24, 2.45) is 0 Å². The van der Waals surface area contributed by atoms with Gasteiger partial charge in [-0.05, 0) is 31.0 Å². The van der Waals surface area contributed by atoms with Gasteiger partial charge in [-0.25, -0.2) is 4.98 Å². The van der Waals surface area contributed by atoms with Crippen LogP contribution in [0.2, 0.25) is 0 Å². The molecule has 1 N–H and O–H groups in total. The van der Waals surface area contributed by atoms with Crippen molar-refractivity contribution >= 4 is 11.7 Å². The third kappa shape index (κ3) is 4.37. The first-order chi connectivity index (χ1) is 12.1. The van der Waals surface area contributed by atoms with Gasteiger partial charge in [0.05, 0.1) is 6.04 Å². The van der Waals surface area contributed by atoms with Crippen LogP contribution in [-0.2, 0) is 17.9 Å². The first-order valence-corrected chi connectivity index (χ1v) is 8.82. The first kappa shape index (κ1) is 17.4. The van der Waals surface area contributed by atoms with E-state index in [9.17, 15) is 4.79 Å². The second kappa shape index (κ2) is 8.12. The van der Waals surface area contributed by atoms with Crippen molar-refractivity contribution in [3.63, 3.8) is 0 Å². The second-order valence-corrected chi connectivity index (χ2v) is 6.71. The van der Waals surface area contributed by atoms with Gasteiger partial charge in [0.2, 0.25) is 5.91 Å². The van der Waals surface area contributed by atoms with Crippen molar-refractivity contribution in [2.75, 3.05) is 25.5 Å². The number of nitrogens with one attached hydrogen (secondary N) is 1. The molecule has 1 saturated heterocycles. The van der Waals surface area contributed by atoms with E-state index in [1.165, 1.54) is 5.56 Å². The van der Waals surface area contributed by atoms with Gasteiger partial charge in [0.15, 0.2) is 0 Å². The van der Waals surface area contributed by atoms with Gasteiger partial charge >= 0.3 is 0 Å². The average Bonchev–Trinajstić information content (AvgIpc) is 3.09.